The van der Waals surface area contributed by atoms with E-state index in [1.165, 1.54) is 16.3 Å². The maximum Gasteiger partial charge on any atom is 0.120 e. The SMILES string of the molecule is OCCc1ccc2cc(OC3CCNCC3)ccc2c1. The number of ether oxygens (including phenoxy) is 1. The molecule has 0 saturated carbocycles. The lowest BCUT2D eigenvalue weighted by Gasteiger charge is -2.24. The summed E-state index contributed by atoms with van der Waals surface area (Å²) in [5.74, 6) is 0.958. The van der Waals surface area contributed by atoms with Crippen LogP contribution in [0.5, 0.6) is 5.75 Å². The van der Waals surface area contributed by atoms with Crippen LogP contribution in [0.1, 0.15) is 18.4 Å². The number of fused-ring (bicyclic) bond motifs is 1. The zero-order chi connectivity index (χ0) is 13.8. The highest BCUT2D eigenvalue weighted by Gasteiger charge is 2.14. The molecule has 0 amide bonds. The lowest BCUT2D eigenvalue weighted by Crippen LogP contribution is -2.34. The van der Waals surface area contributed by atoms with Crippen molar-refractivity contribution in [2.75, 3.05) is 19.7 Å². The molecule has 0 aliphatic carbocycles. The monoisotopic (exact) mass is 271 g/mol. The van der Waals surface area contributed by atoms with Crippen LogP contribution in [-0.2, 0) is 6.42 Å². The van der Waals surface area contributed by atoms with Crippen LogP contribution >= 0.6 is 0 Å². The average molecular weight is 271 g/mol. The standard InChI is InChI=1S/C17H21NO2/c19-10-7-13-1-2-15-12-17(4-3-14(15)11-13)20-16-5-8-18-9-6-16/h1-4,11-12,16,18-19H,5-10H2. The van der Waals surface area contributed by atoms with Crippen LogP contribution in [0.2, 0.25) is 0 Å². The van der Waals surface area contributed by atoms with Crippen LogP contribution < -0.4 is 10.1 Å². The minimum absolute atomic E-state index is 0.197. The van der Waals surface area contributed by atoms with E-state index in [0.29, 0.717) is 12.5 Å². The molecule has 2 aromatic carbocycles. The Bertz CT molecular complexity index is 576. The highest BCUT2D eigenvalue weighted by Crippen LogP contribution is 2.24. The molecule has 2 aromatic rings. The van der Waals surface area contributed by atoms with Crippen LogP contribution in [0.25, 0.3) is 10.8 Å². The summed E-state index contributed by atoms with van der Waals surface area (Å²) in [6.45, 7) is 2.29. The lowest BCUT2D eigenvalue weighted by molar-refractivity contribution is 0.162. The Morgan fingerprint density at radius 3 is 2.60 bits per heavy atom. The molecule has 0 radical (unpaired) electrons. The second-order valence-electron chi connectivity index (χ2n) is 5.38. The van der Waals surface area contributed by atoms with Gasteiger partial charge in [-0.3, -0.25) is 0 Å². The molecule has 3 heteroatoms. The molecule has 20 heavy (non-hydrogen) atoms. The number of nitrogens with one attached hydrogen (secondary N) is 1. The number of aliphatic hydroxyl groups excluding tert-OH is 1. The van der Waals surface area contributed by atoms with E-state index in [-0.39, 0.29) is 6.61 Å². The predicted molar refractivity (Wildman–Crippen MR) is 81.3 cm³/mol. The minimum atomic E-state index is 0.197. The van der Waals surface area contributed by atoms with Crippen LogP contribution in [0, 0.1) is 0 Å². The van der Waals surface area contributed by atoms with Gasteiger partial charge in [-0.25, -0.2) is 0 Å². The topological polar surface area (TPSA) is 41.5 Å². The number of piperidine rings is 1. The number of aliphatic hydroxyl groups is 1. The Morgan fingerprint density at radius 1 is 1.05 bits per heavy atom. The molecule has 1 heterocycles. The van der Waals surface area contributed by atoms with Crippen LogP contribution in [0.15, 0.2) is 36.4 Å². The molecule has 0 aromatic heterocycles. The summed E-state index contributed by atoms with van der Waals surface area (Å²) in [7, 11) is 0. The maximum absolute atomic E-state index is 8.99. The smallest absolute Gasteiger partial charge is 0.120 e. The zero-order valence-electron chi connectivity index (χ0n) is 11.6. The van der Waals surface area contributed by atoms with Crippen molar-refractivity contribution in [2.24, 2.45) is 0 Å². The van der Waals surface area contributed by atoms with Crippen molar-refractivity contribution in [2.45, 2.75) is 25.4 Å². The van der Waals surface area contributed by atoms with Gasteiger partial charge in [0.2, 0.25) is 0 Å². The Morgan fingerprint density at radius 2 is 1.80 bits per heavy atom. The summed E-state index contributed by atoms with van der Waals surface area (Å²) in [4.78, 5) is 0. The van der Waals surface area contributed by atoms with Gasteiger partial charge < -0.3 is 15.2 Å². The van der Waals surface area contributed by atoms with Crippen molar-refractivity contribution in [1.29, 1.82) is 0 Å². The molecule has 0 unspecified atom stereocenters. The van der Waals surface area contributed by atoms with Gasteiger partial charge in [-0.15, -0.1) is 0 Å². The number of hydrogen-bond acceptors (Lipinski definition) is 3. The predicted octanol–water partition coefficient (Wildman–Crippen LogP) is 2.51. The third-order valence-electron chi connectivity index (χ3n) is 3.87. The molecule has 3 nitrogen and oxygen atoms in total. The Labute approximate surface area is 119 Å². The van der Waals surface area contributed by atoms with Gasteiger partial charge in [0, 0.05) is 6.61 Å². The normalized spacial score (nSPS) is 16.4. The van der Waals surface area contributed by atoms with Gasteiger partial charge in [-0.05, 0) is 60.8 Å². The number of benzene rings is 2. The van der Waals surface area contributed by atoms with E-state index in [0.717, 1.165) is 31.7 Å². The lowest BCUT2D eigenvalue weighted by atomic mass is 10.0. The van der Waals surface area contributed by atoms with Gasteiger partial charge in [0.1, 0.15) is 11.9 Å². The molecule has 0 atom stereocenters. The van der Waals surface area contributed by atoms with Gasteiger partial charge in [0.25, 0.3) is 0 Å². The average Bonchev–Trinajstić information content (AvgIpc) is 2.49. The highest BCUT2D eigenvalue weighted by molar-refractivity contribution is 5.84. The first-order valence-corrected chi connectivity index (χ1v) is 7.36. The van der Waals surface area contributed by atoms with Crippen molar-refractivity contribution in [3.8, 4) is 5.75 Å². The van der Waals surface area contributed by atoms with Gasteiger partial charge in [-0.2, -0.15) is 0 Å². The quantitative estimate of drug-likeness (QED) is 0.898. The van der Waals surface area contributed by atoms with Crippen LogP contribution in [0.4, 0.5) is 0 Å². The zero-order valence-corrected chi connectivity index (χ0v) is 11.6. The van der Waals surface area contributed by atoms with E-state index in [1.54, 1.807) is 0 Å². The molecular formula is C17H21NO2. The molecule has 1 fully saturated rings. The van der Waals surface area contributed by atoms with Crippen molar-refractivity contribution in [3.63, 3.8) is 0 Å². The molecule has 1 aliphatic heterocycles. The highest BCUT2D eigenvalue weighted by atomic mass is 16.5. The molecule has 3 rings (SSSR count). The molecule has 0 bridgehead atoms. The van der Waals surface area contributed by atoms with Crippen LogP contribution in [-0.4, -0.2) is 30.9 Å². The fraction of sp³-hybridized carbons (Fsp3) is 0.412. The van der Waals surface area contributed by atoms with E-state index in [2.05, 4.69) is 35.6 Å². The van der Waals surface area contributed by atoms with Crippen molar-refractivity contribution in [1.82, 2.24) is 5.32 Å². The third kappa shape index (κ3) is 3.11. The van der Waals surface area contributed by atoms with Crippen molar-refractivity contribution < 1.29 is 9.84 Å². The molecule has 1 aliphatic rings. The van der Waals surface area contributed by atoms with Crippen LogP contribution in [0.3, 0.4) is 0 Å². The number of hydrogen-bond donors (Lipinski definition) is 2. The fourth-order valence-corrected chi connectivity index (χ4v) is 2.74. The van der Waals surface area contributed by atoms with E-state index in [9.17, 15) is 0 Å². The summed E-state index contributed by atoms with van der Waals surface area (Å²) in [5, 5.41) is 14.7. The van der Waals surface area contributed by atoms with Gasteiger partial charge in [-0.1, -0.05) is 24.3 Å². The number of rotatable bonds is 4. The van der Waals surface area contributed by atoms with E-state index in [4.69, 9.17) is 9.84 Å². The second kappa shape index (κ2) is 6.25. The summed E-state index contributed by atoms with van der Waals surface area (Å²) in [6.07, 6.45) is 3.20. The molecule has 2 N–H and O–H groups in total. The Kier molecular flexibility index (Phi) is 4.19. The summed E-state index contributed by atoms with van der Waals surface area (Å²) in [6, 6.07) is 12.6. The molecule has 106 valence electrons. The summed E-state index contributed by atoms with van der Waals surface area (Å²) in [5.41, 5.74) is 1.17. The van der Waals surface area contributed by atoms with Crippen molar-refractivity contribution in [3.05, 3.63) is 42.0 Å². The first-order valence-electron chi connectivity index (χ1n) is 7.36. The minimum Gasteiger partial charge on any atom is -0.490 e. The Balaban J connectivity index is 1.77. The first-order chi connectivity index (χ1) is 9.85. The van der Waals surface area contributed by atoms with E-state index >= 15 is 0 Å². The van der Waals surface area contributed by atoms with Gasteiger partial charge in [0.05, 0.1) is 0 Å². The van der Waals surface area contributed by atoms with E-state index in [1.807, 2.05) is 6.07 Å². The second-order valence-corrected chi connectivity index (χ2v) is 5.38. The third-order valence-corrected chi connectivity index (χ3v) is 3.87. The summed E-state index contributed by atoms with van der Waals surface area (Å²) < 4.78 is 6.06. The summed E-state index contributed by atoms with van der Waals surface area (Å²) >= 11 is 0. The van der Waals surface area contributed by atoms with Gasteiger partial charge in [0.15, 0.2) is 0 Å². The largest absolute Gasteiger partial charge is 0.490 e. The van der Waals surface area contributed by atoms with Gasteiger partial charge >= 0.3 is 0 Å². The Hall–Kier alpha value is -1.58. The fourth-order valence-electron chi connectivity index (χ4n) is 2.74. The first kappa shape index (κ1) is 13.4. The molecule has 0 spiro atoms. The molecular weight excluding hydrogens is 250 g/mol. The maximum atomic E-state index is 8.99. The van der Waals surface area contributed by atoms with E-state index < -0.39 is 0 Å². The molecule has 1 saturated heterocycles. The van der Waals surface area contributed by atoms with Crippen molar-refractivity contribution >= 4 is 10.8 Å².